The maximum atomic E-state index is 0. The molecule has 0 spiro atoms. The molecule has 6 heteroatoms. The van der Waals surface area contributed by atoms with Crippen molar-refractivity contribution in [3.8, 4) is 0 Å². The van der Waals surface area contributed by atoms with Crippen molar-refractivity contribution in [3.05, 3.63) is 0 Å². The van der Waals surface area contributed by atoms with Crippen LogP contribution in [0.15, 0.2) is 0 Å². The molecule has 0 fully saturated rings. The first-order valence-corrected chi connectivity index (χ1v) is 0. The summed E-state index contributed by atoms with van der Waals surface area (Å²) >= 11 is 0. The van der Waals surface area contributed by atoms with E-state index in [-0.39, 0.29) is 115 Å². The molecule has 0 heterocycles. The third-order valence-electron chi connectivity index (χ3n) is 0. The summed E-state index contributed by atoms with van der Waals surface area (Å²) in [5.41, 5.74) is 0. The second kappa shape index (κ2) is 46.9. The molecule has 0 bridgehead atoms. The summed E-state index contributed by atoms with van der Waals surface area (Å²) in [6, 6.07) is 0. The van der Waals surface area contributed by atoms with Gasteiger partial charge in [0.15, 0.2) is 0 Å². The van der Waals surface area contributed by atoms with E-state index in [9.17, 15) is 0 Å². The Morgan fingerprint density at radius 2 is 0.667 bits per heavy atom. The summed E-state index contributed by atoms with van der Waals surface area (Å²) in [5.74, 6) is 0. The SMILES string of the molecule is O.O.O.O.[Ca+2].[H-].[H-].[H-].[K+]. The first-order valence-electron chi connectivity index (χ1n) is 0. The van der Waals surface area contributed by atoms with Crippen LogP contribution < -0.4 is 51.4 Å². The van der Waals surface area contributed by atoms with Gasteiger partial charge in [0.05, 0.1) is 0 Å². The average molecular weight is 154 g/mol. The Labute approximate surface area is 113 Å². The van der Waals surface area contributed by atoms with Gasteiger partial charge in [0.25, 0.3) is 0 Å². The smallest absolute Gasteiger partial charge is 1.00 e. The van der Waals surface area contributed by atoms with Crippen molar-refractivity contribution >= 4 is 37.7 Å². The van der Waals surface area contributed by atoms with Crippen LogP contribution in [-0.2, 0) is 0 Å². The third kappa shape index (κ3) is 29.6. The van der Waals surface area contributed by atoms with Crippen LogP contribution in [0.2, 0.25) is 0 Å². The minimum atomic E-state index is 0. The van der Waals surface area contributed by atoms with Gasteiger partial charge in [-0.25, -0.2) is 0 Å². The van der Waals surface area contributed by atoms with E-state index in [2.05, 4.69) is 0 Å². The van der Waals surface area contributed by atoms with E-state index in [1.807, 2.05) is 0 Å². The minimum absolute atomic E-state index is 0. The summed E-state index contributed by atoms with van der Waals surface area (Å²) in [7, 11) is 0. The Balaban J connectivity index is 0. The molecule has 0 aromatic rings. The van der Waals surface area contributed by atoms with Gasteiger partial charge < -0.3 is 26.2 Å². The first kappa shape index (κ1) is 69.8. The summed E-state index contributed by atoms with van der Waals surface area (Å²) in [6.45, 7) is 0. The van der Waals surface area contributed by atoms with Crippen LogP contribution in [0.25, 0.3) is 0 Å². The fraction of sp³-hybridized carbons (Fsp3) is 0. The van der Waals surface area contributed by atoms with Gasteiger partial charge in [0.1, 0.15) is 0 Å². The normalized spacial score (nSPS) is 0. The average Bonchev–Trinajstić information content (AvgIpc) is 0. The van der Waals surface area contributed by atoms with Gasteiger partial charge >= 0.3 is 89.1 Å². The monoisotopic (exact) mass is 154 g/mol. The maximum absolute atomic E-state index is 0. The van der Waals surface area contributed by atoms with Gasteiger partial charge in [0.2, 0.25) is 0 Å². The molecule has 38 valence electrons. The van der Waals surface area contributed by atoms with Gasteiger partial charge in [-0.05, 0) is 0 Å². The molecule has 0 rings (SSSR count). The zero-order valence-electron chi connectivity index (χ0n) is 6.71. The Morgan fingerprint density at radius 1 is 0.667 bits per heavy atom. The van der Waals surface area contributed by atoms with Crippen molar-refractivity contribution in [2.45, 2.75) is 0 Å². The molecule has 0 saturated heterocycles. The van der Waals surface area contributed by atoms with E-state index < -0.39 is 0 Å². The number of hydrogen-bond donors (Lipinski definition) is 0. The van der Waals surface area contributed by atoms with Crippen LogP contribution in [-0.4, -0.2) is 59.6 Å². The van der Waals surface area contributed by atoms with Crippen molar-refractivity contribution in [3.63, 3.8) is 0 Å². The van der Waals surface area contributed by atoms with Gasteiger partial charge in [-0.1, -0.05) is 0 Å². The fourth-order valence-corrected chi connectivity index (χ4v) is 0. The van der Waals surface area contributed by atoms with Crippen molar-refractivity contribution in [2.24, 2.45) is 0 Å². The Morgan fingerprint density at radius 3 is 0.667 bits per heavy atom. The molecule has 0 aliphatic carbocycles. The van der Waals surface area contributed by atoms with Crippen LogP contribution in [0.5, 0.6) is 0 Å². The predicted molar refractivity (Wildman–Crippen MR) is 23.5 cm³/mol. The van der Waals surface area contributed by atoms with E-state index in [0.717, 1.165) is 0 Å². The topological polar surface area (TPSA) is 126 Å². The molecule has 0 aromatic carbocycles. The van der Waals surface area contributed by atoms with Gasteiger partial charge in [-0.3, -0.25) is 0 Å². The molecule has 8 N–H and O–H groups in total. The molecule has 0 aliphatic heterocycles. The number of hydrogen-bond acceptors (Lipinski definition) is 0. The van der Waals surface area contributed by atoms with Crippen molar-refractivity contribution in [1.29, 1.82) is 0 Å². The van der Waals surface area contributed by atoms with Crippen LogP contribution >= 0.6 is 0 Å². The summed E-state index contributed by atoms with van der Waals surface area (Å²) < 4.78 is 0. The van der Waals surface area contributed by atoms with Crippen LogP contribution in [0.1, 0.15) is 4.28 Å². The second-order valence-electron chi connectivity index (χ2n) is 0. The quantitative estimate of drug-likeness (QED) is 0.308. The van der Waals surface area contributed by atoms with Crippen LogP contribution in [0.3, 0.4) is 0 Å². The standard InChI is InChI=1S/Ca.K.4H2O.3H/h;;4*1H2;;;/q+2;+1;;;;;3*-1. The molecule has 4 nitrogen and oxygen atoms in total. The Bertz CT molecular complexity index is 15.8. The molecular formula is H11CaKO4. The molecule has 0 radical (unpaired) electrons. The Hall–Kier alpha value is 2.74. The van der Waals surface area contributed by atoms with E-state index in [0.29, 0.717) is 0 Å². The van der Waals surface area contributed by atoms with Crippen LogP contribution in [0, 0.1) is 0 Å². The molecule has 0 saturated carbocycles. The predicted octanol–water partition coefficient (Wildman–Crippen LogP) is -6.34. The van der Waals surface area contributed by atoms with E-state index in [1.165, 1.54) is 0 Å². The Kier molecular flexibility index (Phi) is 546. The molecule has 0 unspecified atom stereocenters. The van der Waals surface area contributed by atoms with E-state index in [1.54, 1.807) is 0 Å². The third-order valence-corrected chi connectivity index (χ3v) is 0. The van der Waals surface area contributed by atoms with Crippen molar-refractivity contribution in [2.75, 3.05) is 0 Å². The van der Waals surface area contributed by atoms with Gasteiger partial charge in [-0.15, -0.1) is 0 Å². The van der Waals surface area contributed by atoms with Crippen molar-refractivity contribution < 1.29 is 77.6 Å². The molecule has 0 atom stereocenters. The molecule has 0 aliphatic rings. The maximum Gasteiger partial charge on any atom is 2.00 e. The molecule has 0 amide bonds. The van der Waals surface area contributed by atoms with E-state index >= 15 is 0 Å². The van der Waals surface area contributed by atoms with Crippen molar-refractivity contribution in [1.82, 2.24) is 0 Å². The molecule has 6 heavy (non-hydrogen) atoms. The number of rotatable bonds is 0. The second-order valence-corrected chi connectivity index (χ2v) is 0. The zero-order chi connectivity index (χ0) is 0. The molecule has 0 aromatic heterocycles. The summed E-state index contributed by atoms with van der Waals surface area (Å²) in [5, 5.41) is 0. The zero-order valence-corrected chi connectivity index (χ0v) is 9.04. The largest absolute Gasteiger partial charge is 2.00 e. The van der Waals surface area contributed by atoms with Gasteiger partial charge in [0, 0.05) is 0 Å². The van der Waals surface area contributed by atoms with E-state index in [4.69, 9.17) is 0 Å². The van der Waals surface area contributed by atoms with Gasteiger partial charge in [-0.2, -0.15) is 0 Å². The summed E-state index contributed by atoms with van der Waals surface area (Å²) in [4.78, 5) is 0. The molecular weight excluding hydrogens is 143 g/mol. The minimum Gasteiger partial charge on any atom is -1.00 e. The van der Waals surface area contributed by atoms with Crippen LogP contribution in [0.4, 0.5) is 0 Å². The fourth-order valence-electron chi connectivity index (χ4n) is 0. The summed E-state index contributed by atoms with van der Waals surface area (Å²) in [6.07, 6.45) is 0. The first-order chi connectivity index (χ1) is 0.